The Hall–Kier alpha value is -1.31. The van der Waals surface area contributed by atoms with Gasteiger partial charge in [0, 0.05) is 5.02 Å². The fourth-order valence-corrected chi connectivity index (χ4v) is 1.83. The average Bonchev–Trinajstić information content (AvgIpc) is 2.31. The molecular weight excluding hydrogens is 220 g/mol. The summed E-state index contributed by atoms with van der Waals surface area (Å²) in [5.41, 5.74) is 0.728. The molecule has 0 aliphatic heterocycles. The number of halogens is 1. The second kappa shape index (κ2) is 4.28. The van der Waals surface area contributed by atoms with Gasteiger partial charge in [-0.05, 0) is 30.2 Å². The van der Waals surface area contributed by atoms with Crippen LogP contribution in [0.25, 0.3) is 0 Å². The summed E-state index contributed by atoms with van der Waals surface area (Å²) in [5, 5.41) is 11.2. The Labute approximate surface area is 100 Å². The first kappa shape index (κ1) is 11.2. The molecule has 1 atom stereocenters. The minimum absolute atomic E-state index is 0.674. The van der Waals surface area contributed by atoms with Gasteiger partial charge in [0.25, 0.3) is 0 Å². The summed E-state index contributed by atoms with van der Waals surface area (Å²) in [6.07, 6.45) is 0. The van der Waals surface area contributed by atoms with E-state index in [9.17, 15) is 5.11 Å². The van der Waals surface area contributed by atoms with Gasteiger partial charge in [0.2, 0.25) is 0 Å². The highest BCUT2D eigenvalue weighted by Gasteiger charge is 2.24. The molecule has 0 aromatic heterocycles. The van der Waals surface area contributed by atoms with Crippen LogP contribution in [0.3, 0.4) is 0 Å². The van der Waals surface area contributed by atoms with Crippen LogP contribution in [0.15, 0.2) is 54.6 Å². The molecule has 2 heteroatoms. The summed E-state index contributed by atoms with van der Waals surface area (Å²) in [4.78, 5) is 0. The molecule has 1 unspecified atom stereocenters. The first-order valence-electron chi connectivity index (χ1n) is 5.14. The fourth-order valence-electron chi connectivity index (χ4n) is 1.70. The number of aliphatic hydroxyl groups is 1. The molecule has 1 nitrogen and oxygen atoms in total. The van der Waals surface area contributed by atoms with Gasteiger partial charge in [-0.3, -0.25) is 0 Å². The Morgan fingerprint density at radius 1 is 0.875 bits per heavy atom. The summed E-state index contributed by atoms with van der Waals surface area (Å²) in [6.45, 7) is 1.78. The second-order valence-corrected chi connectivity index (χ2v) is 4.38. The fraction of sp³-hybridized carbons (Fsp3) is 0.143. The van der Waals surface area contributed by atoms with E-state index < -0.39 is 5.60 Å². The zero-order valence-corrected chi connectivity index (χ0v) is 9.78. The molecule has 2 aromatic rings. The summed E-state index contributed by atoms with van der Waals surface area (Å²) >= 11 is 5.83. The van der Waals surface area contributed by atoms with Gasteiger partial charge in [0.1, 0.15) is 5.60 Å². The molecule has 82 valence electrons. The molecule has 0 aliphatic rings. The van der Waals surface area contributed by atoms with E-state index in [1.165, 1.54) is 0 Å². The standard InChI is InChI=1S/C14H13ClO/c1-14(16,11-5-3-2-4-6-11)12-7-9-13(15)10-8-12/h2-10,16H,1H3. The second-order valence-electron chi connectivity index (χ2n) is 3.95. The van der Waals surface area contributed by atoms with Crippen LogP contribution in [0.1, 0.15) is 18.1 Å². The first-order valence-corrected chi connectivity index (χ1v) is 5.52. The SMILES string of the molecule is CC(O)(c1ccccc1)c1ccc(Cl)cc1. The maximum Gasteiger partial charge on any atom is 0.112 e. The van der Waals surface area contributed by atoms with Gasteiger partial charge in [-0.2, -0.15) is 0 Å². The minimum atomic E-state index is -0.980. The van der Waals surface area contributed by atoms with E-state index in [2.05, 4.69) is 0 Å². The Morgan fingerprint density at radius 2 is 1.38 bits per heavy atom. The zero-order chi connectivity index (χ0) is 11.6. The molecule has 0 amide bonds. The van der Waals surface area contributed by atoms with E-state index in [0.29, 0.717) is 5.02 Å². The largest absolute Gasteiger partial charge is 0.381 e. The van der Waals surface area contributed by atoms with Crippen molar-refractivity contribution < 1.29 is 5.11 Å². The lowest BCUT2D eigenvalue weighted by atomic mass is 9.88. The molecular formula is C14H13ClO. The summed E-state index contributed by atoms with van der Waals surface area (Å²) in [5.74, 6) is 0. The van der Waals surface area contributed by atoms with Crippen molar-refractivity contribution in [2.45, 2.75) is 12.5 Å². The van der Waals surface area contributed by atoms with Crippen LogP contribution in [0.2, 0.25) is 5.02 Å². The van der Waals surface area contributed by atoms with Crippen LogP contribution < -0.4 is 0 Å². The number of hydrogen-bond donors (Lipinski definition) is 1. The van der Waals surface area contributed by atoms with Gasteiger partial charge < -0.3 is 5.11 Å². The topological polar surface area (TPSA) is 20.2 Å². The van der Waals surface area contributed by atoms with Gasteiger partial charge in [-0.15, -0.1) is 0 Å². The predicted molar refractivity (Wildman–Crippen MR) is 66.6 cm³/mol. The van der Waals surface area contributed by atoms with Crippen LogP contribution in [0, 0.1) is 0 Å². The lowest BCUT2D eigenvalue weighted by molar-refractivity contribution is 0.102. The highest BCUT2D eigenvalue weighted by molar-refractivity contribution is 6.30. The Bertz CT molecular complexity index is 460. The van der Waals surface area contributed by atoms with Gasteiger partial charge in [-0.1, -0.05) is 54.1 Å². The van der Waals surface area contributed by atoms with Crippen LogP contribution in [-0.4, -0.2) is 5.11 Å². The van der Waals surface area contributed by atoms with Crippen molar-refractivity contribution in [3.8, 4) is 0 Å². The van der Waals surface area contributed by atoms with Gasteiger partial charge in [0.15, 0.2) is 0 Å². The number of hydrogen-bond acceptors (Lipinski definition) is 1. The molecule has 0 bridgehead atoms. The molecule has 0 fully saturated rings. The molecule has 0 radical (unpaired) electrons. The van der Waals surface area contributed by atoms with Crippen molar-refractivity contribution >= 4 is 11.6 Å². The smallest absolute Gasteiger partial charge is 0.112 e. The van der Waals surface area contributed by atoms with E-state index in [1.807, 2.05) is 42.5 Å². The van der Waals surface area contributed by atoms with Crippen molar-refractivity contribution in [3.05, 3.63) is 70.7 Å². The van der Waals surface area contributed by atoms with E-state index >= 15 is 0 Å². The van der Waals surface area contributed by atoms with E-state index in [0.717, 1.165) is 11.1 Å². The van der Waals surface area contributed by atoms with Gasteiger partial charge >= 0.3 is 0 Å². The third kappa shape index (κ3) is 2.11. The van der Waals surface area contributed by atoms with Crippen molar-refractivity contribution in [1.29, 1.82) is 0 Å². The number of benzene rings is 2. The molecule has 0 aliphatic carbocycles. The maximum atomic E-state index is 10.5. The van der Waals surface area contributed by atoms with E-state index in [1.54, 1.807) is 19.1 Å². The normalized spacial score (nSPS) is 14.4. The van der Waals surface area contributed by atoms with Crippen LogP contribution >= 0.6 is 11.6 Å². The maximum absolute atomic E-state index is 10.5. The monoisotopic (exact) mass is 232 g/mol. The van der Waals surface area contributed by atoms with Crippen molar-refractivity contribution in [3.63, 3.8) is 0 Å². The van der Waals surface area contributed by atoms with Crippen LogP contribution in [0.4, 0.5) is 0 Å². The zero-order valence-electron chi connectivity index (χ0n) is 9.02. The first-order chi connectivity index (χ1) is 7.60. The molecule has 0 heterocycles. The van der Waals surface area contributed by atoms with E-state index in [-0.39, 0.29) is 0 Å². The molecule has 16 heavy (non-hydrogen) atoms. The van der Waals surface area contributed by atoms with Crippen molar-refractivity contribution in [2.24, 2.45) is 0 Å². The molecule has 0 saturated heterocycles. The predicted octanol–water partition coefficient (Wildman–Crippen LogP) is 3.60. The highest BCUT2D eigenvalue weighted by atomic mass is 35.5. The Balaban J connectivity index is 2.43. The summed E-state index contributed by atoms with van der Waals surface area (Å²) < 4.78 is 0. The third-order valence-corrected chi connectivity index (χ3v) is 2.99. The molecule has 2 rings (SSSR count). The van der Waals surface area contributed by atoms with Crippen LogP contribution in [0.5, 0.6) is 0 Å². The summed E-state index contributed by atoms with van der Waals surface area (Å²) in [6, 6.07) is 16.8. The molecule has 0 saturated carbocycles. The minimum Gasteiger partial charge on any atom is -0.381 e. The molecule has 1 N–H and O–H groups in total. The molecule has 0 spiro atoms. The lowest BCUT2D eigenvalue weighted by Crippen LogP contribution is -2.22. The van der Waals surface area contributed by atoms with Crippen molar-refractivity contribution in [2.75, 3.05) is 0 Å². The highest BCUT2D eigenvalue weighted by Crippen LogP contribution is 2.29. The van der Waals surface area contributed by atoms with Crippen LogP contribution in [-0.2, 0) is 5.60 Å². The average molecular weight is 233 g/mol. The number of rotatable bonds is 2. The lowest BCUT2D eigenvalue weighted by Gasteiger charge is -2.24. The van der Waals surface area contributed by atoms with Gasteiger partial charge in [0.05, 0.1) is 0 Å². The summed E-state index contributed by atoms with van der Waals surface area (Å²) in [7, 11) is 0. The molecule has 2 aromatic carbocycles. The van der Waals surface area contributed by atoms with Crippen molar-refractivity contribution in [1.82, 2.24) is 0 Å². The third-order valence-electron chi connectivity index (χ3n) is 2.74. The quantitative estimate of drug-likeness (QED) is 0.839. The van der Waals surface area contributed by atoms with E-state index in [4.69, 9.17) is 11.6 Å². The Kier molecular flexibility index (Phi) is 2.99. The van der Waals surface area contributed by atoms with Gasteiger partial charge in [-0.25, -0.2) is 0 Å². The Morgan fingerprint density at radius 3 is 1.94 bits per heavy atom.